The average Bonchev–Trinajstić information content (AvgIpc) is 2.92. The molecule has 0 spiro atoms. The number of nitrogens with zero attached hydrogens (tertiary/aromatic N) is 2. The molecular formula is C15H21N3O2. The summed E-state index contributed by atoms with van der Waals surface area (Å²) < 4.78 is 10.9. The summed E-state index contributed by atoms with van der Waals surface area (Å²) in [4.78, 5) is 4.29. The summed E-state index contributed by atoms with van der Waals surface area (Å²) in [6, 6.07) is 7.97. The van der Waals surface area contributed by atoms with Crippen molar-refractivity contribution in [2.45, 2.75) is 39.8 Å². The van der Waals surface area contributed by atoms with Crippen LogP contribution in [0.2, 0.25) is 0 Å². The molecule has 1 N–H and O–H groups in total. The van der Waals surface area contributed by atoms with Gasteiger partial charge in [0.15, 0.2) is 12.4 Å². The number of para-hydroxylation sites is 1. The molecule has 2 aromatic rings. The van der Waals surface area contributed by atoms with E-state index in [2.05, 4.69) is 29.3 Å². The van der Waals surface area contributed by atoms with Gasteiger partial charge in [0, 0.05) is 18.5 Å². The molecule has 0 saturated heterocycles. The zero-order valence-electron chi connectivity index (χ0n) is 12.1. The summed E-state index contributed by atoms with van der Waals surface area (Å²) in [6.45, 7) is 6.19. The lowest BCUT2D eigenvalue weighted by atomic mass is 10.2. The third-order valence-corrected chi connectivity index (χ3v) is 2.87. The average molecular weight is 275 g/mol. The standard InChI is InChI=1S/C15H21N3O2/c1-3-7-14-17-15(20-18-14)11-19-13-9-6-5-8-12(13)10-16-4-2/h5-6,8-9,16H,3-4,7,10-11H2,1-2H3. The van der Waals surface area contributed by atoms with Crippen LogP contribution in [0.5, 0.6) is 5.75 Å². The van der Waals surface area contributed by atoms with Gasteiger partial charge in [0.05, 0.1) is 0 Å². The number of nitrogens with one attached hydrogen (secondary N) is 1. The predicted octanol–water partition coefficient (Wildman–Crippen LogP) is 2.71. The number of benzene rings is 1. The fraction of sp³-hybridized carbons (Fsp3) is 0.467. The van der Waals surface area contributed by atoms with Crippen LogP contribution in [0.3, 0.4) is 0 Å². The Labute approximate surface area is 119 Å². The van der Waals surface area contributed by atoms with E-state index in [1.165, 1.54) is 0 Å². The molecule has 0 amide bonds. The number of hydrogen-bond donors (Lipinski definition) is 1. The molecule has 5 heteroatoms. The van der Waals surface area contributed by atoms with Crippen molar-refractivity contribution < 1.29 is 9.26 Å². The predicted molar refractivity (Wildman–Crippen MR) is 76.4 cm³/mol. The van der Waals surface area contributed by atoms with Crippen molar-refractivity contribution in [3.05, 3.63) is 41.5 Å². The fourth-order valence-corrected chi connectivity index (χ4v) is 1.86. The molecule has 0 fully saturated rings. The van der Waals surface area contributed by atoms with E-state index in [1.54, 1.807) is 0 Å². The normalized spacial score (nSPS) is 10.7. The summed E-state index contributed by atoms with van der Waals surface area (Å²) in [6.07, 6.45) is 1.84. The molecule has 0 bridgehead atoms. The maximum Gasteiger partial charge on any atom is 0.264 e. The van der Waals surface area contributed by atoms with Crippen molar-refractivity contribution in [2.24, 2.45) is 0 Å². The first kappa shape index (κ1) is 14.5. The molecule has 0 unspecified atom stereocenters. The Hall–Kier alpha value is -1.88. The second-order valence-corrected chi connectivity index (χ2v) is 4.53. The van der Waals surface area contributed by atoms with Gasteiger partial charge in [-0.2, -0.15) is 4.98 Å². The lowest BCUT2D eigenvalue weighted by molar-refractivity contribution is 0.240. The van der Waals surface area contributed by atoms with Crippen molar-refractivity contribution in [2.75, 3.05) is 6.54 Å². The van der Waals surface area contributed by atoms with E-state index >= 15 is 0 Å². The lowest BCUT2D eigenvalue weighted by Crippen LogP contribution is -2.12. The van der Waals surface area contributed by atoms with Gasteiger partial charge in [0.1, 0.15) is 5.75 Å². The van der Waals surface area contributed by atoms with E-state index in [0.717, 1.165) is 43.1 Å². The number of aromatic nitrogens is 2. The Balaban J connectivity index is 1.95. The van der Waals surface area contributed by atoms with Gasteiger partial charge in [0.2, 0.25) is 0 Å². The van der Waals surface area contributed by atoms with Crippen LogP contribution in [0.1, 0.15) is 37.5 Å². The van der Waals surface area contributed by atoms with Crippen LogP contribution >= 0.6 is 0 Å². The molecule has 0 atom stereocenters. The van der Waals surface area contributed by atoms with Crippen LogP contribution in [0.15, 0.2) is 28.8 Å². The molecule has 20 heavy (non-hydrogen) atoms. The molecule has 1 aromatic carbocycles. The number of rotatable bonds is 8. The highest BCUT2D eigenvalue weighted by Gasteiger charge is 2.08. The minimum absolute atomic E-state index is 0.305. The van der Waals surface area contributed by atoms with Crippen molar-refractivity contribution in [1.82, 2.24) is 15.5 Å². The van der Waals surface area contributed by atoms with E-state index in [9.17, 15) is 0 Å². The third-order valence-electron chi connectivity index (χ3n) is 2.87. The second kappa shape index (κ2) is 7.65. The smallest absolute Gasteiger partial charge is 0.264 e. The Morgan fingerprint density at radius 3 is 2.90 bits per heavy atom. The van der Waals surface area contributed by atoms with Crippen molar-refractivity contribution in [3.63, 3.8) is 0 Å². The second-order valence-electron chi connectivity index (χ2n) is 4.53. The van der Waals surface area contributed by atoms with Gasteiger partial charge in [-0.25, -0.2) is 0 Å². The zero-order valence-corrected chi connectivity index (χ0v) is 12.1. The van der Waals surface area contributed by atoms with Gasteiger partial charge in [-0.1, -0.05) is 37.2 Å². The molecule has 2 rings (SSSR count). The monoisotopic (exact) mass is 275 g/mol. The minimum Gasteiger partial charge on any atom is -0.483 e. The van der Waals surface area contributed by atoms with Gasteiger partial charge >= 0.3 is 0 Å². The van der Waals surface area contributed by atoms with Crippen LogP contribution in [-0.2, 0) is 19.6 Å². The van der Waals surface area contributed by atoms with E-state index < -0.39 is 0 Å². The molecular weight excluding hydrogens is 254 g/mol. The molecule has 108 valence electrons. The van der Waals surface area contributed by atoms with E-state index in [-0.39, 0.29) is 0 Å². The minimum atomic E-state index is 0.305. The summed E-state index contributed by atoms with van der Waals surface area (Å²) in [7, 11) is 0. The van der Waals surface area contributed by atoms with Gasteiger partial charge in [-0.05, 0) is 19.0 Å². The first-order chi connectivity index (χ1) is 9.83. The third kappa shape index (κ3) is 4.06. The first-order valence-corrected chi connectivity index (χ1v) is 7.06. The van der Waals surface area contributed by atoms with E-state index in [1.807, 2.05) is 24.3 Å². The number of hydrogen-bond acceptors (Lipinski definition) is 5. The topological polar surface area (TPSA) is 60.2 Å². The first-order valence-electron chi connectivity index (χ1n) is 7.06. The number of ether oxygens (including phenoxy) is 1. The van der Waals surface area contributed by atoms with Crippen molar-refractivity contribution in [3.8, 4) is 5.75 Å². The quantitative estimate of drug-likeness (QED) is 0.802. The molecule has 1 heterocycles. The molecule has 0 aliphatic heterocycles. The molecule has 0 aliphatic carbocycles. The Bertz CT molecular complexity index is 525. The van der Waals surface area contributed by atoms with E-state index in [4.69, 9.17) is 9.26 Å². The zero-order chi connectivity index (χ0) is 14.2. The Morgan fingerprint density at radius 1 is 1.25 bits per heavy atom. The molecule has 0 radical (unpaired) electrons. The Kier molecular flexibility index (Phi) is 5.55. The Morgan fingerprint density at radius 2 is 2.10 bits per heavy atom. The van der Waals surface area contributed by atoms with E-state index in [0.29, 0.717) is 12.5 Å². The summed E-state index contributed by atoms with van der Waals surface area (Å²) in [5.74, 6) is 2.11. The summed E-state index contributed by atoms with van der Waals surface area (Å²) in [5, 5.41) is 7.20. The van der Waals surface area contributed by atoms with Crippen LogP contribution in [0, 0.1) is 0 Å². The molecule has 5 nitrogen and oxygen atoms in total. The summed E-state index contributed by atoms with van der Waals surface area (Å²) in [5.41, 5.74) is 1.13. The van der Waals surface area contributed by atoms with Crippen LogP contribution in [-0.4, -0.2) is 16.7 Å². The lowest BCUT2D eigenvalue weighted by Gasteiger charge is -2.09. The molecule has 1 aromatic heterocycles. The number of aryl methyl sites for hydroxylation is 1. The highest BCUT2D eigenvalue weighted by atomic mass is 16.5. The van der Waals surface area contributed by atoms with Crippen molar-refractivity contribution >= 4 is 0 Å². The van der Waals surface area contributed by atoms with Crippen molar-refractivity contribution in [1.29, 1.82) is 0 Å². The fourth-order valence-electron chi connectivity index (χ4n) is 1.86. The maximum absolute atomic E-state index is 5.78. The SMILES string of the molecule is CCCc1noc(COc2ccccc2CNCC)n1. The van der Waals surface area contributed by atoms with Crippen LogP contribution in [0.4, 0.5) is 0 Å². The maximum atomic E-state index is 5.78. The highest BCUT2D eigenvalue weighted by molar-refractivity contribution is 5.33. The largest absolute Gasteiger partial charge is 0.483 e. The van der Waals surface area contributed by atoms with Crippen LogP contribution in [0.25, 0.3) is 0 Å². The molecule has 0 aliphatic rings. The molecule has 0 saturated carbocycles. The van der Waals surface area contributed by atoms with Gasteiger partial charge in [0.25, 0.3) is 5.89 Å². The highest BCUT2D eigenvalue weighted by Crippen LogP contribution is 2.19. The van der Waals surface area contributed by atoms with Gasteiger partial charge in [-0.3, -0.25) is 0 Å². The van der Waals surface area contributed by atoms with Gasteiger partial charge in [-0.15, -0.1) is 0 Å². The van der Waals surface area contributed by atoms with Crippen LogP contribution < -0.4 is 10.1 Å². The summed E-state index contributed by atoms with van der Waals surface area (Å²) >= 11 is 0. The van der Waals surface area contributed by atoms with Gasteiger partial charge < -0.3 is 14.6 Å².